The molecule has 0 aliphatic carbocycles. The number of hydrogen-bond donors (Lipinski definition) is 1. The van der Waals surface area contributed by atoms with Gasteiger partial charge in [0.05, 0.1) is 0 Å². The van der Waals surface area contributed by atoms with Crippen LogP contribution < -0.4 is 5.32 Å². The number of hydrogen-bond acceptors (Lipinski definition) is 1. The SMILES string of the molecule is CC1=CC(=N)[N]C=C1. The molecule has 0 aromatic carbocycles. The molecule has 2 heteroatoms. The Morgan fingerprint density at radius 3 is 2.75 bits per heavy atom. The van der Waals surface area contributed by atoms with Crippen molar-refractivity contribution in [2.24, 2.45) is 0 Å². The Bertz CT molecular complexity index is 165. The smallest absolute Gasteiger partial charge is 0.144 e. The second-order valence-corrected chi connectivity index (χ2v) is 1.72. The maximum absolute atomic E-state index is 7.02. The van der Waals surface area contributed by atoms with Crippen LogP contribution in [0.25, 0.3) is 0 Å². The Morgan fingerprint density at radius 1 is 1.62 bits per heavy atom. The number of amidine groups is 1. The van der Waals surface area contributed by atoms with Crippen LogP contribution in [0.3, 0.4) is 0 Å². The van der Waals surface area contributed by atoms with Crippen LogP contribution in [-0.4, -0.2) is 5.84 Å². The Balaban J connectivity index is 2.77. The number of nitrogens with one attached hydrogen (secondary N) is 1. The standard InChI is InChI=1S/C6H7N2/c1-5-2-3-8-6(7)4-5/h2-4,7H,1H3. The molecule has 0 aromatic heterocycles. The van der Waals surface area contributed by atoms with Gasteiger partial charge in [0, 0.05) is 6.20 Å². The minimum Gasteiger partial charge on any atom is -0.283 e. The van der Waals surface area contributed by atoms with Crippen LogP contribution in [0.1, 0.15) is 6.92 Å². The van der Waals surface area contributed by atoms with Crippen LogP contribution in [0, 0.1) is 5.41 Å². The van der Waals surface area contributed by atoms with Crippen molar-refractivity contribution in [3.63, 3.8) is 0 Å². The van der Waals surface area contributed by atoms with Crippen LogP contribution in [0.2, 0.25) is 0 Å². The second-order valence-electron chi connectivity index (χ2n) is 1.72. The highest BCUT2D eigenvalue weighted by Crippen LogP contribution is 1.98. The van der Waals surface area contributed by atoms with Gasteiger partial charge in [0.15, 0.2) is 0 Å². The molecule has 0 atom stereocenters. The van der Waals surface area contributed by atoms with Crippen molar-refractivity contribution in [1.82, 2.24) is 5.32 Å². The second kappa shape index (κ2) is 1.82. The molecule has 8 heavy (non-hydrogen) atoms. The lowest BCUT2D eigenvalue weighted by molar-refractivity contribution is 1.18. The summed E-state index contributed by atoms with van der Waals surface area (Å²) in [6.07, 6.45) is 5.23. The Labute approximate surface area is 48.4 Å². The molecular formula is C6H7N2. The normalized spacial score (nSPS) is 17.6. The zero-order chi connectivity index (χ0) is 5.98. The Kier molecular flexibility index (Phi) is 1.16. The average molecular weight is 107 g/mol. The monoisotopic (exact) mass is 107 g/mol. The van der Waals surface area contributed by atoms with Crippen LogP contribution in [0.4, 0.5) is 0 Å². The molecule has 0 fully saturated rings. The molecule has 1 heterocycles. The molecular weight excluding hydrogens is 100 g/mol. The van der Waals surface area contributed by atoms with Crippen molar-refractivity contribution in [2.75, 3.05) is 0 Å². The summed E-state index contributed by atoms with van der Waals surface area (Å²) in [6, 6.07) is 0. The summed E-state index contributed by atoms with van der Waals surface area (Å²) < 4.78 is 0. The van der Waals surface area contributed by atoms with Gasteiger partial charge in [-0.05, 0) is 24.6 Å². The third kappa shape index (κ3) is 0.964. The molecule has 0 saturated heterocycles. The molecule has 1 N–H and O–H groups in total. The molecule has 1 radical (unpaired) electrons. The minimum atomic E-state index is 0.338. The lowest BCUT2D eigenvalue weighted by atomic mass is 10.2. The van der Waals surface area contributed by atoms with Crippen LogP contribution in [0.5, 0.6) is 0 Å². The van der Waals surface area contributed by atoms with E-state index in [1.54, 1.807) is 12.3 Å². The minimum absolute atomic E-state index is 0.338. The quantitative estimate of drug-likeness (QED) is 0.480. The van der Waals surface area contributed by atoms with E-state index in [-0.39, 0.29) is 0 Å². The van der Waals surface area contributed by atoms with E-state index < -0.39 is 0 Å². The topological polar surface area (TPSA) is 38.0 Å². The van der Waals surface area contributed by atoms with Crippen molar-refractivity contribution in [3.8, 4) is 0 Å². The summed E-state index contributed by atoms with van der Waals surface area (Å²) in [5.74, 6) is 0.338. The van der Waals surface area contributed by atoms with Crippen LogP contribution in [0.15, 0.2) is 23.9 Å². The fourth-order valence-corrected chi connectivity index (χ4v) is 0.536. The van der Waals surface area contributed by atoms with Crippen molar-refractivity contribution in [1.29, 1.82) is 5.41 Å². The van der Waals surface area contributed by atoms with E-state index in [1.165, 1.54) is 0 Å². The van der Waals surface area contributed by atoms with Gasteiger partial charge in [-0.15, -0.1) is 0 Å². The molecule has 0 aromatic rings. The summed E-state index contributed by atoms with van der Waals surface area (Å²) in [7, 11) is 0. The lowest BCUT2D eigenvalue weighted by Gasteiger charge is -1.99. The third-order valence-electron chi connectivity index (χ3n) is 0.915. The lowest BCUT2D eigenvalue weighted by Crippen LogP contribution is -2.07. The van der Waals surface area contributed by atoms with Crippen molar-refractivity contribution in [3.05, 3.63) is 23.9 Å². The van der Waals surface area contributed by atoms with Gasteiger partial charge in [-0.1, -0.05) is 0 Å². The maximum atomic E-state index is 7.02. The largest absolute Gasteiger partial charge is 0.283 e. The highest BCUT2D eigenvalue weighted by atomic mass is 14.9. The summed E-state index contributed by atoms with van der Waals surface area (Å²) >= 11 is 0. The molecule has 0 unspecified atom stereocenters. The van der Waals surface area contributed by atoms with Gasteiger partial charge in [-0.2, -0.15) is 0 Å². The van der Waals surface area contributed by atoms with E-state index in [0.717, 1.165) is 5.57 Å². The van der Waals surface area contributed by atoms with Gasteiger partial charge in [-0.3, -0.25) is 5.41 Å². The van der Waals surface area contributed by atoms with E-state index in [9.17, 15) is 0 Å². The number of nitrogens with zero attached hydrogens (tertiary/aromatic N) is 1. The molecule has 41 valence electrons. The molecule has 0 amide bonds. The first kappa shape index (κ1) is 5.09. The molecule has 1 aliphatic heterocycles. The first-order valence-electron chi connectivity index (χ1n) is 2.43. The third-order valence-corrected chi connectivity index (χ3v) is 0.915. The van der Waals surface area contributed by atoms with Gasteiger partial charge in [0.2, 0.25) is 0 Å². The summed E-state index contributed by atoms with van der Waals surface area (Å²) in [4.78, 5) is 0. The van der Waals surface area contributed by atoms with E-state index in [0.29, 0.717) is 5.84 Å². The van der Waals surface area contributed by atoms with E-state index in [1.807, 2.05) is 13.0 Å². The molecule has 1 aliphatic rings. The van der Waals surface area contributed by atoms with E-state index >= 15 is 0 Å². The Morgan fingerprint density at radius 2 is 2.38 bits per heavy atom. The number of rotatable bonds is 0. The first-order valence-corrected chi connectivity index (χ1v) is 2.43. The molecule has 2 nitrogen and oxygen atoms in total. The van der Waals surface area contributed by atoms with Crippen molar-refractivity contribution in [2.45, 2.75) is 6.92 Å². The van der Waals surface area contributed by atoms with Gasteiger partial charge in [0.1, 0.15) is 5.84 Å². The molecule has 0 spiro atoms. The van der Waals surface area contributed by atoms with Gasteiger partial charge >= 0.3 is 0 Å². The first-order chi connectivity index (χ1) is 3.79. The number of allylic oxidation sites excluding steroid dienone is 2. The van der Waals surface area contributed by atoms with Crippen LogP contribution >= 0.6 is 0 Å². The Hall–Kier alpha value is -1.05. The zero-order valence-electron chi connectivity index (χ0n) is 4.68. The molecule has 0 bridgehead atoms. The van der Waals surface area contributed by atoms with Crippen molar-refractivity contribution < 1.29 is 0 Å². The molecule has 1 rings (SSSR count). The predicted octanol–water partition coefficient (Wildman–Crippen LogP) is 1.04. The van der Waals surface area contributed by atoms with Gasteiger partial charge in [-0.25, -0.2) is 5.32 Å². The highest BCUT2D eigenvalue weighted by molar-refractivity contribution is 5.92. The summed E-state index contributed by atoms with van der Waals surface area (Å²) in [5, 5.41) is 10.7. The maximum Gasteiger partial charge on any atom is 0.144 e. The fourth-order valence-electron chi connectivity index (χ4n) is 0.536. The summed E-state index contributed by atoms with van der Waals surface area (Å²) in [6.45, 7) is 1.94. The van der Waals surface area contributed by atoms with Crippen LogP contribution in [-0.2, 0) is 0 Å². The van der Waals surface area contributed by atoms with Crippen molar-refractivity contribution >= 4 is 5.84 Å². The summed E-state index contributed by atoms with van der Waals surface area (Å²) in [5.41, 5.74) is 1.09. The van der Waals surface area contributed by atoms with Gasteiger partial charge < -0.3 is 0 Å². The highest BCUT2D eigenvalue weighted by Gasteiger charge is 1.94. The average Bonchev–Trinajstić information content (AvgIpc) is 1.64. The molecule has 0 saturated carbocycles. The van der Waals surface area contributed by atoms with E-state index in [4.69, 9.17) is 5.41 Å². The predicted molar refractivity (Wildman–Crippen MR) is 32.8 cm³/mol. The van der Waals surface area contributed by atoms with E-state index in [2.05, 4.69) is 5.32 Å². The zero-order valence-corrected chi connectivity index (χ0v) is 4.68. The fraction of sp³-hybridized carbons (Fsp3) is 0.167. The van der Waals surface area contributed by atoms with Gasteiger partial charge in [0.25, 0.3) is 0 Å².